The van der Waals surface area contributed by atoms with E-state index in [1.165, 1.54) is 11.3 Å². The van der Waals surface area contributed by atoms with Crippen LogP contribution >= 0.6 is 34.3 Å². The second-order valence-electron chi connectivity index (χ2n) is 7.05. The van der Waals surface area contributed by atoms with E-state index < -0.39 is 0 Å². The van der Waals surface area contributed by atoms with E-state index in [9.17, 15) is 4.79 Å². The lowest BCUT2D eigenvalue weighted by Crippen LogP contribution is -2.16. The van der Waals surface area contributed by atoms with Gasteiger partial charge in [0.15, 0.2) is 5.13 Å². The molecule has 3 aromatic rings. The van der Waals surface area contributed by atoms with E-state index in [4.69, 9.17) is 11.6 Å². The summed E-state index contributed by atoms with van der Waals surface area (Å²) in [7, 11) is 0. The topological polar surface area (TPSA) is 54.9 Å². The number of hydrogen-bond acceptors (Lipinski definition) is 5. The molecule has 0 atom stereocenters. The van der Waals surface area contributed by atoms with Crippen LogP contribution in [0.5, 0.6) is 0 Å². The summed E-state index contributed by atoms with van der Waals surface area (Å²) in [6.45, 7) is 6.30. The van der Waals surface area contributed by atoms with Crippen molar-refractivity contribution in [1.82, 2.24) is 9.97 Å². The smallest absolute Gasteiger partial charge is 0.232 e. The molecule has 0 saturated heterocycles. The van der Waals surface area contributed by atoms with Crippen molar-refractivity contribution in [1.29, 1.82) is 0 Å². The van der Waals surface area contributed by atoms with Gasteiger partial charge in [0.05, 0.1) is 22.8 Å². The molecule has 1 N–H and O–H groups in total. The van der Waals surface area contributed by atoms with Gasteiger partial charge in [-0.25, -0.2) is 9.97 Å². The average molecular weight is 406 g/mol. The van der Waals surface area contributed by atoms with Gasteiger partial charge in [0.25, 0.3) is 0 Å². The van der Waals surface area contributed by atoms with Crippen LogP contribution in [0.25, 0.3) is 0 Å². The lowest BCUT2D eigenvalue weighted by molar-refractivity contribution is -0.115. The van der Waals surface area contributed by atoms with Gasteiger partial charge < -0.3 is 5.32 Å². The second kappa shape index (κ2) is 7.86. The normalized spacial score (nSPS) is 11.5. The Morgan fingerprint density at radius 1 is 1.19 bits per heavy atom. The molecule has 0 bridgehead atoms. The molecular weight excluding hydrogens is 386 g/mol. The van der Waals surface area contributed by atoms with Crippen LogP contribution < -0.4 is 5.32 Å². The fourth-order valence-corrected chi connectivity index (χ4v) is 4.33. The van der Waals surface area contributed by atoms with Gasteiger partial charge in [0.1, 0.15) is 0 Å². The minimum absolute atomic E-state index is 0.0242. The Kier molecular flexibility index (Phi) is 5.75. The predicted octanol–water partition coefficient (Wildman–Crippen LogP) is 5.32. The first kappa shape index (κ1) is 19.0. The number of benzene rings is 1. The maximum Gasteiger partial charge on any atom is 0.232 e. The minimum Gasteiger partial charge on any atom is -0.302 e. The van der Waals surface area contributed by atoms with Gasteiger partial charge in [0.2, 0.25) is 5.91 Å². The number of anilines is 1. The maximum atomic E-state index is 12.3. The molecule has 2 aromatic heterocycles. The first-order chi connectivity index (χ1) is 12.3. The van der Waals surface area contributed by atoms with Crippen LogP contribution in [0, 0.1) is 0 Å². The molecule has 2 heterocycles. The van der Waals surface area contributed by atoms with Crippen molar-refractivity contribution in [2.75, 3.05) is 5.32 Å². The Morgan fingerprint density at radius 2 is 2.00 bits per heavy atom. The van der Waals surface area contributed by atoms with Gasteiger partial charge in [-0.3, -0.25) is 4.79 Å². The molecule has 136 valence electrons. The summed E-state index contributed by atoms with van der Waals surface area (Å²) in [6, 6.07) is 7.74. The lowest BCUT2D eigenvalue weighted by atomic mass is 9.93. The van der Waals surface area contributed by atoms with Gasteiger partial charge in [-0.2, -0.15) is 0 Å². The van der Waals surface area contributed by atoms with Crippen LogP contribution in [0.15, 0.2) is 35.0 Å². The molecule has 0 unspecified atom stereocenters. The Labute approximate surface area is 166 Å². The number of halogens is 1. The zero-order chi connectivity index (χ0) is 18.7. The Balaban J connectivity index is 1.58. The van der Waals surface area contributed by atoms with Crippen LogP contribution in [0.4, 0.5) is 5.13 Å². The largest absolute Gasteiger partial charge is 0.302 e. The third-order valence-electron chi connectivity index (χ3n) is 3.70. The molecule has 0 saturated carbocycles. The van der Waals surface area contributed by atoms with Crippen LogP contribution in [0.1, 0.15) is 42.7 Å². The number of nitrogens with one attached hydrogen (secondary N) is 1. The first-order valence-corrected chi connectivity index (χ1v) is 10.4. The molecular formula is C19H20ClN3OS2. The monoisotopic (exact) mass is 405 g/mol. The number of hydrogen-bond donors (Lipinski definition) is 1. The van der Waals surface area contributed by atoms with Crippen molar-refractivity contribution in [3.8, 4) is 0 Å². The van der Waals surface area contributed by atoms with Crippen LogP contribution in [-0.4, -0.2) is 15.9 Å². The molecule has 0 spiro atoms. The average Bonchev–Trinajstić information content (AvgIpc) is 3.16. The van der Waals surface area contributed by atoms with Crippen molar-refractivity contribution in [3.05, 3.63) is 62.0 Å². The number of rotatable bonds is 5. The summed E-state index contributed by atoms with van der Waals surface area (Å²) in [5.74, 6) is -0.0978. The maximum absolute atomic E-state index is 12.3. The van der Waals surface area contributed by atoms with Gasteiger partial charge in [-0.1, -0.05) is 44.5 Å². The molecule has 0 aliphatic heterocycles. The molecule has 1 aromatic carbocycles. The fourth-order valence-electron chi connectivity index (χ4n) is 2.34. The molecule has 4 nitrogen and oxygen atoms in total. The highest BCUT2D eigenvalue weighted by atomic mass is 35.5. The summed E-state index contributed by atoms with van der Waals surface area (Å²) in [5.41, 5.74) is 2.84. The van der Waals surface area contributed by atoms with Gasteiger partial charge in [0, 0.05) is 27.6 Å². The highest BCUT2D eigenvalue weighted by molar-refractivity contribution is 7.14. The molecule has 0 aliphatic carbocycles. The third-order valence-corrected chi connectivity index (χ3v) is 5.59. The van der Waals surface area contributed by atoms with E-state index in [0.29, 0.717) is 11.6 Å². The summed E-state index contributed by atoms with van der Waals surface area (Å²) >= 11 is 9.03. The number of aromatic nitrogens is 2. The number of nitrogens with zero attached hydrogens (tertiary/aromatic N) is 2. The van der Waals surface area contributed by atoms with Gasteiger partial charge >= 0.3 is 0 Å². The zero-order valence-corrected chi connectivity index (χ0v) is 17.3. The molecule has 0 radical (unpaired) electrons. The Morgan fingerprint density at radius 3 is 2.69 bits per heavy atom. The Bertz CT molecular complexity index is 911. The molecule has 0 fully saturated rings. The van der Waals surface area contributed by atoms with Crippen LogP contribution in [-0.2, 0) is 23.1 Å². The first-order valence-electron chi connectivity index (χ1n) is 8.23. The zero-order valence-electron chi connectivity index (χ0n) is 14.9. The fraction of sp³-hybridized carbons (Fsp3) is 0.316. The number of thiazole rings is 2. The van der Waals surface area contributed by atoms with E-state index >= 15 is 0 Å². The van der Waals surface area contributed by atoms with Crippen molar-refractivity contribution in [2.45, 2.75) is 39.0 Å². The van der Waals surface area contributed by atoms with E-state index in [2.05, 4.69) is 36.1 Å². The molecule has 26 heavy (non-hydrogen) atoms. The lowest BCUT2D eigenvalue weighted by Gasteiger charge is -2.14. The van der Waals surface area contributed by atoms with Crippen LogP contribution in [0.2, 0.25) is 5.02 Å². The minimum atomic E-state index is -0.0978. The van der Waals surface area contributed by atoms with Crippen LogP contribution in [0.3, 0.4) is 0 Å². The molecule has 3 rings (SSSR count). The number of amides is 1. The summed E-state index contributed by atoms with van der Waals surface area (Å²) in [5, 5.41) is 9.11. The SMILES string of the molecule is CC(C)(C)c1csc(NC(=O)Cc2csc(Cc3cccc(Cl)c3)n2)n1. The second-order valence-corrected chi connectivity index (χ2v) is 9.29. The van der Waals surface area contributed by atoms with Crippen molar-refractivity contribution >= 4 is 45.3 Å². The third kappa shape index (κ3) is 5.13. The van der Waals surface area contributed by atoms with Crippen molar-refractivity contribution < 1.29 is 4.79 Å². The predicted molar refractivity (Wildman–Crippen MR) is 110 cm³/mol. The summed E-state index contributed by atoms with van der Waals surface area (Å²) in [6.07, 6.45) is 0.963. The highest BCUT2D eigenvalue weighted by Crippen LogP contribution is 2.26. The van der Waals surface area contributed by atoms with E-state index in [1.807, 2.05) is 35.0 Å². The molecule has 1 amide bonds. The van der Waals surface area contributed by atoms with Crippen molar-refractivity contribution in [2.24, 2.45) is 0 Å². The number of carbonyl (C=O) groups is 1. The van der Waals surface area contributed by atoms with E-state index in [0.717, 1.165) is 27.0 Å². The molecule has 7 heteroatoms. The Hall–Kier alpha value is -1.76. The van der Waals surface area contributed by atoms with Gasteiger partial charge in [-0.15, -0.1) is 22.7 Å². The summed E-state index contributed by atoms with van der Waals surface area (Å²) in [4.78, 5) is 21.3. The quantitative estimate of drug-likeness (QED) is 0.624. The summed E-state index contributed by atoms with van der Waals surface area (Å²) < 4.78 is 0. The van der Waals surface area contributed by atoms with Crippen molar-refractivity contribution in [3.63, 3.8) is 0 Å². The van der Waals surface area contributed by atoms with E-state index in [-0.39, 0.29) is 17.7 Å². The van der Waals surface area contributed by atoms with E-state index in [1.54, 1.807) is 11.3 Å². The van der Waals surface area contributed by atoms with Gasteiger partial charge in [-0.05, 0) is 17.7 Å². The standard InChI is InChI=1S/C19H20ClN3OS2/c1-19(2,3)15-11-26-18(22-15)23-16(24)9-14-10-25-17(21-14)8-12-5-4-6-13(20)7-12/h4-7,10-11H,8-9H2,1-3H3,(H,22,23,24). The number of carbonyl (C=O) groups excluding carboxylic acids is 1. The molecule has 0 aliphatic rings. The highest BCUT2D eigenvalue weighted by Gasteiger charge is 2.18.